The highest BCUT2D eigenvalue weighted by molar-refractivity contribution is 9.10. The average Bonchev–Trinajstić information content (AvgIpc) is 3.43. The van der Waals surface area contributed by atoms with Gasteiger partial charge in [-0.2, -0.15) is 0 Å². The van der Waals surface area contributed by atoms with Gasteiger partial charge in [0.25, 0.3) is 0 Å². The molecule has 35 heavy (non-hydrogen) atoms. The van der Waals surface area contributed by atoms with Gasteiger partial charge >= 0.3 is 0 Å². The molecule has 3 atom stereocenters. The molecule has 0 radical (unpaired) electrons. The maximum absolute atomic E-state index is 14.4. The van der Waals surface area contributed by atoms with E-state index in [1.807, 2.05) is 0 Å². The van der Waals surface area contributed by atoms with Gasteiger partial charge in [-0.25, -0.2) is 8.78 Å². The first-order valence-corrected chi connectivity index (χ1v) is 11.9. The van der Waals surface area contributed by atoms with E-state index in [0.29, 0.717) is 16.5 Å². The van der Waals surface area contributed by atoms with Crippen molar-refractivity contribution < 1.29 is 28.3 Å². The summed E-state index contributed by atoms with van der Waals surface area (Å²) >= 11 is 3.32. The van der Waals surface area contributed by atoms with Crippen molar-refractivity contribution in [1.82, 2.24) is 14.8 Å². The smallest absolute Gasteiger partial charge is 0.243 e. The molecule has 1 aromatic heterocycles. The number of nitrogens with zero attached hydrogens (tertiary/aromatic N) is 2. The number of likely N-dealkylation sites (tertiary alicyclic amines) is 1. The van der Waals surface area contributed by atoms with Crippen LogP contribution in [0, 0.1) is 0 Å². The second kappa shape index (κ2) is 10.7. The summed E-state index contributed by atoms with van der Waals surface area (Å²) < 4.78 is 30.4. The van der Waals surface area contributed by atoms with Gasteiger partial charge in [0.1, 0.15) is 32.0 Å². The van der Waals surface area contributed by atoms with Crippen LogP contribution in [0.3, 0.4) is 0 Å². The molecule has 1 saturated heterocycles. The van der Waals surface area contributed by atoms with Crippen molar-refractivity contribution in [1.29, 1.82) is 0 Å². The normalized spacial score (nSPS) is 18.6. The van der Waals surface area contributed by atoms with E-state index in [-0.39, 0.29) is 25.1 Å². The monoisotopic (exact) mass is 547 g/mol. The number of alkyl halides is 2. The number of carbonyl (C=O) groups excluding carboxylic acids is 3. The summed E-state index contributed by atoms with van der Waals surface area (Å²) in [6.07, 6.45) is -0.0984. The molecule has 0 spiro atoms. The van der Waals surface area contributed by atoms with Crippen LogP contribution in [0.2, 0.25) is 0 Å². The molecule has 2 aromatic carbocycles. The lowest BCUT2D eigenvalue weighted by atomic mass is 10.1. The number of para-hydroxylation sites is 1. The number of halogens is 3. The summed E-state index contributed by atoms with van der Waals surface area (Å²) in [6, 6.07) is 11.8. The summed E-state index contributed by atoms with van der Waals surface area (Å²) in [5.74, 6) is -1.62. The Balaban J connectivity index is 1.54. The number of amides is 2. The van der Waals surface area contributed by atoms with E-state index in [2.05, 4.69) is 21.2 Å². The Labute approximate surface area is 208 Å². The van der Waals surface area contributed by atoms with Crippen molar-refractivity contribution in [2.75, 3.05) is 19.8 Å². The molecule has 4 rings (SSSR count). The van der Waals surface area contributed by atoms with E-state index >= 15 is 0 Å². The van der Waals surface area contributed by atoms with E-state index in [9.17, 15) is 28.3 Å². The number of Topliss-reactive ketones (excluding diaryl/α,β-unsaturated/α-hetero) is 1. The summed E-state index contributed by atoms with van der Waals surface area (Å²) in [6.45, 7) is -2.02. The minimum Gasteiger partial charge on any atom is -0.388 e. The SMILES string of the molecule is O=C(CO)c1cn(CC(=O)N2C[C@H](F)C[C@H]2C(=O)N[C@H](CF)c2cccc(Br)c2)c2ccccc12. The number of fused-ring (bicyclic) bond motifs is 1. The number of hydrogen-bond donors (Lipinski definition) is 2. The van der Waals surface area contributed by atoms with Crippen LogP contribution in [-0.4, -0.2) is 64.2 Å². The number of aliphatic hydroxyl groups is 1. The fourth-order valence-corrected chi connectivity index (χ4v) is 4.85. The summed E-state index contributed by atoms with van der Waals surface area (Å²) in [5, 5.41) is 12.5. The van der Waals surface area contributed by atoms with Gasteiger partial charge in [-0.3, -0.25) is 14.4 Å². The molecule has 10 heteroatoms. The molecule has 1 fully saturated rings. The van der Waals surface area contributed by atoms with Crippen LogP contribution in [0.15, 0.2) is 59.2 Å². The third-order valence-electron chi connectivity index (χ3n) is 6.13. The molecule has 184 valence electrons. The first-order chi connectivity index (χ1) is 16.8. The standard InChI is InChI=1S/C25H24BrF2N3O4/c26-16-5-3-4-15(8-16)20(10-27)29-25(35)22-9-17(28)11-31(22)24(34)13-30-12-19(23(33)14-32)18-6-1-2-7-21(18)30/h1-8,12,17,20,22,32H,9-11,13-14H2,(H,29,35)/t17-,20-,22+/m1/s1. The Morgan fingerprint density at radius 2 is 1.94 bits per heavy atom. The average molecular weight is 548 g/mol. The molecule has 2 amide bonds. The molecule has 3 aromatic rings. The number of rotatable bonds is 8. The molecule has 0 saturated carbocycles. The molecule has 0 bridgehead atoms. The molecule has 0 aliphatic carbocycles. The molecule has 2 heterocycles. The van der Waals surface area contributed by atoms with Crippen LogP contribution in [0.1, 0.15) is 28.4 Å². The predicted octanol–water partition coefficient (Wildman–Crippen LogP) is 3.34. The predicted molar refractivity (Wildman–Crippen MR) is 129 cm³/mol. The highest BCUT2D eigenvalue weighted by Crippen LogP contribution is 2.26. The van der Waals surface area contributed by atoms with Crippen molar-refractivity contribution in [3.63, 3.8) is 0 Å². The van der Waals surface area contributed by atoms with E-state index in [1.54, 1.807) is 53.1 Å². The van der Waals surface area contributed by atoms with Crippen LogP contribution in [-0.2, 0) is 16.1 Å². The fourth-order valence-electron chi connectivity index (χ4n) is 4.43. The maximum Gasteiger partial charge on any atom is 0.243 e. The zero-order chi connectivity index (χ0) is 25.1. The Bertz CT molecular complexity index is 1260. The largest absolute Gasteiger partial charge is 0.388 e. The van der Waals surface area contributed by atoms with Crippen LogP contribution < -0.4 is 5.32 Å². The summed E-state index contributed by atoms with van der Waals surface area (Å²) in [4.78, 5) is 39.5. The number of carbonyl (C=O) groups is 3. The van der Waals surface area contributed by atoms with Gasteiger partial charge in [-0.1, -0.05) is 46.3 Å². The zero-order valence-electron chi connectivity index (χ0n) is 18.7. The first kappa shape index (κ1) is 25.0. The topological polar surface area (TPSA) is 91.6 Å². The van der Waals surface area contributed by atoms with Gasteiger partial charge in [0.2, 0.25) is 11.8 Å². The van der Waals surface area contributed by atoms with Gasteiger partial charge in [0.15, 0.2) is 5.78 Å². The highest BCUT2D eigenvalue weighted by atomic mass is 79.9. The van der Waals surface area contributed by atoms with Gasteiger partial charge in [-0.15, -0.1) is 0 Å². The van der Waals surface area contributed by atoms with Crippen LogP contribution in [0.5, 0.6) is 0 Å². The van der Waals surface area contributed by atoms with Crippen LogP contribution in [0.4, 0.5) is 8.78 Å². The molecular weight excluding hydrogens is 524 g/mol. The lowest BCUT2D eigenvalue weighted by molar-refractivity contribution is -0.139. The van der Waals surface area contributed by atoms with E-state index in [1.165, 1.54) is 11.1 Å². The van der Waals surface area contributed by atoms with E-state index in [4.69, 9.17) is 0 Å². The van der Waals surface area contributed by atoms with Crippen molar-refractivity contribution in [2.45, 2.75) is 31.2 Å². The third-order valence-corrected chi connectivity index (χ3v) is 6.63. The second-order valence-electron chi connectivity index (χ2n) is 8.43. The minimum atomic E-state index is -1.39. The molecule has 1 aliphatic rings. The van der Waals surface area contributed by atoms with Gasteiger partial charge in [-0.05, 0) is 23.8 Å². The Hall–Kier alpha value is -3.11. The van der Waals surface area contributed by atoms with Crippen molar-refractivity contribution in [2.24, 2.45) is 0 Å². The second-order valence-corrected chi connectivity index (χ2v) is 9.35. The van der Waals surface area contributed by atoms with Crippen molar-refractivity contribution in [3.05, 3.63) is 70.3 Å². The van der Waals surface area contributed by atoms with Crippen molar-refractivity contribution >= 4 is 44.4 Å². The van der Waals surface area contributed by atoms with Crippen molar-refractivity contribution in [3.8, 4) is 0 Å². The number of aromatic nitrogens is 1. The maximum atomic E-state index is 14.4. The Morgan fingerprint density at radius 3 is 2.66 bits per heavy atom. The molecule has 2 N–H and O–H groups in total. The third kappa shape index (κ3) is 5.28. The lowest BCUT2D eigenvalue weighted by Crippen LogP contribution is -2.48. The molecule has 1 aliphatic heterocycles. The van der Waals surface area contributed by atoms with Crippen LogP contribution in [0.25, 0.3) is 10.9 Å². The van der Waals surface area contributed by atoms with Gasteiger partial charge < -0.3 is 19.9 Å². The highest BCUT2D eigenvalue weighted by Gasteiger charge is 2.40. The summed E-state index contributed by atoms with van der Waals surface area (Å²) in [7, 11) is 0. The quantitative estimate of drug-likeness (QED) is 0.423. The lowest BCUT2D eigenvalue weighted by Gasteiger charge is -2.26. The Morgan fingerprint density at radius 1 is 1.17 bits per heavy atom. The van der Waals surface area contributed by atoms with Gasteiger partial charge in [0, 0.05) is 33.6 Å². The van der Waals surface area contributed by atoms with E-state index < -0.39 is 49.1 Å². The first-order valence-electron chi connectivity index (χ1n) is 11.1. The number of nitrogens with one attached hydrogen (secondary N) is 1. The zero-order valence-corrected chi connectivity index (χ0v) is 20.3. The van der Waals surface area contributed by atoms with Gasteiger partial charge in [0.05, 0.1) is 12.6 Å². The molecule has 0 unspecified atom stereocenters. The number of ketones is 1. The summed E-state index contributed by atoms with van der Waals surface area (Å²) in [5.41, 5.74) is 1.42. The number of benzene rings is 2. The minimum absolute atomic E-state index is 0.185. The number of hydrogen-bond acceptors (Lipinski definition) is 4. The van der Waals surface area contributed by atoms with E-state index in [0.717, 1.165) is 4.47 Å². The fraction of sp³-hybridized carbons (Fsp3) is 0.320. The Kier molecular flexibility index (Phi) is 7.61. The molecular formula is C25H24BrF2N3O4. The van der Waals surface area contributed by atoms with Crippen LogP contribution >= 0.6 is 15.9 Å². The number of aliphatic hydroxyl groups excluding tert-OH is 1. The molecule has 7 nitrogen and oxygen atoms in total.